The molecule has 0 radical (unpaired) electrons. The Bertz CT molecular complexity index is 511. The Balaban J connectivity index is 2.07. The van der Waals surface area contributed by atoms with Crippen molar-refractivity contribution in [1.29, 1.82) is 0 Å². The van der Waals surface area contributed by atoms with Gasteiger partial charge in [-0.15, -0.1) is 0 Å². The Morgan fingerprint density at radius 2 is 2.12 bits per heavy atom. The molecule has 1 heterocycles. The molecule has 1 aromatic carbocycles. The van der Waals surface area contributed by atoms with E-state index in [0.29, 0.717) is 5.02 Å². The molecule has 1 N–H and O–H groups in total. The minimum atomic E-state index is 0.706. The molecule has 0 fully saturated rings. The summed E-state index contributed by atoms with van der Waals surface area (Å²) in [4.78, 5) is 4.25. The van der Waals surface area contributed by atoms with Crippen molar-refractivity contribution in [3.8, 4) is 0 Å². The Morgan fingerprint density at radius 1 is 1.29 bits per heavy atom. The molecular formula is C13H12BrClN2. The smallest absolute Gasteiger partial charge is 0.0593 e. The second kappa shape index (κ2) is 5.52. The lowest BCUT2D eigenvalue weighted by Crippen LogP contribution is -2.00. The number of nitrogens with zero attached hydrogens (tertiary/aromatic N) is 1. The number of nitrogens with one attached hydrogen (secondary N) is 1. The lowest BCUT2D eigenvalue weighted by molar-refractivity contribution is 1.08. The zero-order chi connectivity index (χ0) is 12.3. The number of rotatable bonds is 3. The molecule has 0 aliphatic carbocycles. The number of hydrogen-bond acceptors (Lipinski definition) is 2. The molecular weight excluding hydrogens is 300 g/mol. The molecule has 2 aromatic rings. The topological polar surface area (TPSA) is 24.9 Å². The van der Waals surface area contributed by atoms with E-state index in [9.17, 15) is 0 Å². The molecule has 88 valence electrons. The first-order valence-corrected chi connectivity index (χ1v) is 6.43. The third-order valence-electron chi connectivity index (χ3n) is 2.41. The molecule has 2 rings (SSSR count). The van der Waals surface area contributed by atoms with Gasteiger partial charge in [0.25, 0.3) is 0 Å². The fraction of sp³-hybridized carbons (Fsp3) is 0.154. The molecule has 0 spiro atoms. The lowest BCUT2D eigenvalue weighted by Gasteiger charge is -2.09. The van der Waals surface area contributed by atoms with Gasteiger partial charge in [-0.1, -0.05) is 23.7 Å². The maximum atomic E-state index is 6.02. The van der Waals surface area contributed by atoms with Gasteiger partial charge < -0.3 is 5.32 Å². The summed E-state index contributed by atoms with van der Waals surface area (Å²) in [6.45, 7) is 2.71. The minimum Gasteiger partial charge on any atom is -0.380 e. The van der Waals surface area contributed by atoms with Crippen LogP contribution in [0.15, 0.2) is 41.0 Å². The van der Waals surface area contributed by atoms with Gasteiger partial charge in [0.2, 0.25) is 0 Å². The van der Waals surface area contributed by atoms with Crippen molar-refractivity contribution in [2.45, 2.75) is 13.5 Å². The van der Waals surface area contributed by atoms with E-state index in [1.807, 2.05) is 37.4 Å². The van der Waals surface area contributed by atoms with Crippen LogP contribution in [0.1, 0.15) is 11.3 Å². The standard InChI is InChI=1S/C13H12BrClN2/c1-9-5-6-10(7-16-9)8-17-12-4-2-3-11(15)13(12)14/h2-7,17H,8H2,1H3. The van der Waals surface area contributed by atoms with Crippen LogP contribution >= 0.6 is 27.5 Å². The van der Waals surface area contributed by atoms with Gasteiger partial charge in [0.1, 0.15) is 0 Å². The van der Waals surface area contributed by atoms with Crippen molar-refractivity contribution in [1.82, 2.24) is 4.98 Å². The van der Waals surface area contributed by atoms with E-state index in [4.69, 9.17) is 11.6 Å². The van der Waals surface area contributed by atoms with Crippen LogP contribution in [0.2, 0.25) is 5.02 Å². The first-order valence-electron chi connectivity index (χ1n) is 5.26. The number of anilines is 1. The van der Waals surface area contributed by atoms with Gasteiger partial charge in [-0.2, -0.15) is 0 Å². The van der Waals surface area contributed by atoms with Gasteiger partial charge in [-0.25, -0.2) is 0 Å². The SMILES string of the molecule is Cc1ccc(CNc2cccc(Cl)c2Br)cn1. The molecule has 1 aromatic heterocycles. The van der Waals surface area contributed by atoms with Crippen molar-refractivity contribution in [3.63, 3.8) is 0 Å². The summed E-state index contributed by atoms with van der Waals surface area (Å²) >= 11 is 9.47. The highest BCUT2D eigenvalue weighted by molar-refractivity contribution is 9.10. The Hall–Kier alpha value is -1.06. The minimum absolute atomic E-state index is 0.706. The fourth-order valence-corrected chi connectivity index (χ4v) is 2.02. The van der Waals surface area contributed by atoms with Gasteiger partial charge >= 0.3 is 0 Å². The third-order valence-corrected chi connectivity index (χ3v) is 3.80. The molecule has 0 unspecified atom stereocenters. The number of halogens is 2. The van der Waals surface area contributed by atoms with E-state index < -0.39 is 0 Å². The highest BCUT2D eigenvalue weighted by atomic mass is 79.9. The maximum absolute atomic E-state index is 6.02. The first-order chi connectivity index (χ1) is 8.16. The van der Waals surface area contributed by atoms with Gasteiger partial charge in [-0.3, -0.25) is 4.98 Å². The zero-order valence-corrected chi connectivity index (χ0v) is 11.7. The maximum Gasteiger partial charge on any atom is 0.0593 e. The van der Waals surface area contributed by atoms with Crippen molar-refractivity contribution in [3.05, 3.63) is 57.3 Å². The average Bonchev–Trinajstić information content (AvgIpc) is 2.33. The molecule has 0 saturated heterocycles. The summed E-state index contributed by atoms with van der Waals surface area (Å²) in [6, 6.07) is 9.82. The van der Waals surface area contributed by atoms with Crippen LogP contribution < -0.4 is 5.32 Å². The highest BCUT2D eigenvalue weighted by Gasteiger charge is 2.03. The normalized spacial score (nSPS) is 10.3. The van der Waals surface area contributed by atoms with E-state index in [-0.39, 0.29) is 0 Å². The molecule has 0 atom stereocenters. The predicted molar refractivity (Wildman–Crippen MR) is 75.5 cm³/mol. The first kappa shape index (κ1) is 12.4. The van der Waals surface area contributed by atoms with Gasteiger partial charge in [0.15, 0.2) is 0 Å². The lowest BCUT2D eigenvalue weighted by atomic mass is 10.2. The molecule has 0 amide bonds. The van der Waals surface area contributed by atoms with Crippen LogP contribution in [0.3, 0.4) is 0 Å². The summed E-state index contributed by atoms with van der Waals surface area (Å²) < 4.78 is 0.890. The summed E-state index contributed by atoms with van der Waals surface area (Å²) in [6.07, 6.45) is 1.88. The number of aromatic nitrogens is 1. The molecule has 2 nitrogen and oxygen atoms in total. The van der Waals surface area contributed by atoms with E-state index in [1.165, 1.54) is 0 Å². The summed E-state index contributed by atoms with van der Waals surface area (Å²) in [5.41, 5.74) is 3.15. The zero-order valence-electron chi connectivity index (χ0n) is 9.37. The van der Waals surface area contributed by atoms with E-state index in [2.05, 4.69) is 32.3 Å². The monoisotopic (exact) mass is 310 g/mol. The molecule has 0 aliphatic heterocycles. The van der Waals surface area contributed by atoms with Crippen LogP contribution in [0.5, 0.6) is 0 Å². The third kappa shape index (κ3) is 3.20. The second-order valence-corrected chi connectivity index (χ2v) is 4.96. The number of hydrogen-bond donors (Lipinski definition) is 1. The molecule has 17 heavy (non-hydrogen) atoms. The largest absolute Gasteiger partial charge is 0.380 e. The summed E-state index contributed by atoms with van der Waals surface area (Å²) in [7, 11) is 0. The van der Waals surface area contributed by atoms with E-state index >= 15 is 0 Å². The Labute approximate surface area is 114 Å². The Kier molecular flexibility index (Phi) is 4.02. The van der Waals surface area contributed by atoms with Crippen molar-refractivity contribution >= 4 is 33.2 Å². The van der Waals surface area contributed by atoms with Gasteiger partial charge in [-0.05, 0) is 46.6 Å². The van der Waals surface area contributed by atoms with E-state index in [0.717, 1.165) is 28.0 Å². The van der Waals surface area contributed by atoms with Crippen molar-refractivity contribution in [2.24, 2.45) is 0 Å². The molecule has 4 heteroatoms. The second-order valence-electron chi connectivity index (χ2n) is 3.76. The van der Waals surface area contributed by atoms with Crippen molar-refractivity contribution < 1.29 is 0 Å². The highest BCUT2D eigenvalue weighted by Crippen LogP contribution is 2.30. The van der Waals surface area contributed by atoms with Gasteiger partial charge in [0, 0.05) is 18.4 Å². The van der Waals surface area contributed by atoms with E-state index in [1.54, 1.807) is 0 Å². The van der Waals surface area contributed by atoms with Gasteiger partial charge in [0.05, 0.1) is 15.2 Å². The fourth-order valence-electron chi connectivity index (χ4n) is 1.44. The predicted octanol–water partition coefficient (Wildman–Crippen LogP) is 4.42. The van der Waals surface area contributed by atoms with Crippen LogP contribution in [0, 0.1) is 6.92 Å². The number of aryl methyl sites for hydroxylation is 1. The quantitative estimate of drug-likeness (QED) is 0.907. The van der Waals surface area contributed by atoms with Crippen LogP contribution in [0.4, 0.5) is 5.69 Å². The van der Waals surface area contributed by atoms with Crippen LogP contribution in [-0.4, -0.2) is 4.98 Å². The van der Waals surface area contributed by atoms with Crippen LogP contribution in [0.25, 0.3) is 0 Å². The Morgan fingerprint density at radius 3 is 2.82 bits per heavy atom. The number of benzene rings is 1. The number of pyridine rings is 1. The molecule has 0 aliphatic rings. The molecule has 0 bridgehead atoms. The average molecular weight is 312 g/mol. The van der Waals surface area contributed by atoms with Crippen molar-refractivity contribution in [2.75, 3.05) is 5.32 Å². The summed E-state index contributed by atoms with van der Waals surface area (Å²) in [5.74, 6) is 0. The van der Waals surface area contributed by atoms with Crippen LogP contribution in [-0.2, 0) is 6.54 Å². The summed E-state index contributed by atoms with van der Waals surface area (Å²) in [5, 5.41) is 4.02. The molecule has 0 saturated carbocycles.